The lowest BCUT2D eigenvalue weighted by Crippen LogP contribution is -2.10. The number of thiophene rings is 1. The maximum Gasteiger partial charge on any atom is 0.265 e. The highest BCUT2D eigenvalue weighted by Crippen LogP contribution is 2.24. The molecule has 1 N–H and O–H groups in total. The second kappa shape index (κ2) is 9.37. The number of ether oxygens (including phenoxy) is 1. The molecule has 1 amide bonds. The van der Waals surface area contributed by atoms with Gasteiger partial charge in [-0.05, 0) is 60.2 Å². The van der Waals surface area contributed by atoms with Gasteiger partial charge in [0.25, 0.3) is 5.91 Å². The van der Waals surface area contributed by atoms with Crippen molar-refractivity contribution in [1.82, 2.24) is 9.78 Å². The maximum atomic E-state index is 12.7. The van der Waals surface area contributed by atoms with Crippen molar-refractivity contribution in [1.29, 1.82) is 0 Å². The monoisotopic (exact) mass is 451 g/mol. The van der Waals surface area contributed by atoms with Crippen LogP contribution in [-0.2, 0) is 13.2 Å². The van der Waals surface area contributed by atoms with E-state index in [1.807, 2.05) is 54.8 Å². The molecule has 7 heteroatoms. The standard InChI is InChI=1S/C24H22ClN3O2S/c1-16-5-3-8-22(17(16)2)30-14-19-10-23(31-15-19)24(29)27-21-7-4-6-18(9-21)12-28-13-20(25)11-26-28/h3-11,13,15H,12,14H2,1-2H3,(H,27,29). The lowest BCUT2D eigenvalue weighted by atomic mass is 10.1. The Kier molecular flexibility index (Phi) is 6.39. The number of carbonyl (C=O) groups is 1. The van der Waals surface area contributed by atoms with E-state index in [0.29, 0.717) is 23.1 Å². The van der Waals surface area contributed by atoms with Gasteiger partial charge in [0.1, 0.15) is 12.4 Å². The van der Waals surface area contributed by atoms with Crippen LogP contribution in [0, 0.1) is 13.8 Å². The summed E-state index contributed by atoms with van der Waals surface area (Å²) in [5.41, 5.74) is 5.06. The normalized spacial score (nSPS) is 10.8. The van der Waals surface area contributed by atoms with Gasteiger partial charge in [0, 0.05) is 17.4 Å². The Labute approximate surface area is 190 Å². The highest BCUT2D eigenvalue weighted by atomic mass is 35.5. The first-order chi connectivity index (χ1) is 15.0. The third-order valence-corrected chi connectivity index (χ3v) is 6.13. The summed E-state index contributed by atoms with van der Waals surface area (Å²) in [7, 11) is 0. The summed E-state index contributed by atoms with van der Waals surface area (Å²) in [6.45, 7) is 5.12. The van der Waals surface area contributed by atoms with Crippen LogP contribution in [0.15, 0.2) is 66.3 Å². The molecule has 4 aromatic rings. The predicted molar refractivity (Wildman–Crippen MR) is 125 cm³/mol. The quantitative estimate of drug-likeness (QED) is 0.369. The molecule has 0 unspecified atom stereocenters. The zero-order valence-corrected chi connectivity index (χ0v) is 18.8. The number of nitrogens with zero attached hydrogens (tertiary/aromatic N) is 2. The molecule has 0 atom stereocenters. The molecule has 4 rings (SSSR count). The maximum absolute atomic E-state index is 12.7. The molecule has 2 aromatic carbocycles. The molecular weight excluding hydrogens is 430 g/mol. The van der Waals surface area contributed by atoms with Gasteiger partial charge >= 0.3 is 0 Å². The van der Waals surface area contributed by atoms with Crippen LogP contribution in [0.2, 0.25) is 5.02 Å². The van der Waals surface area contributed by atoms with Gasteiger partial charge in [-0.3, -0.25) is 9.48 Å². The average Bonchev–Trinajstić information content (AvgIpc) is 3.38. The molecule has 158 valence electrons. The van der Waals surface area contributed by atoms with E-state index >= 15 is 0 Å². The Balaban J connectivity index is 1.37. The van der Waals surface area contributed by atoms with Crippen LogP contribution in [0.1, 0.15) is 31.9 Å². The molecule has 2 aromatic heterocycles. The van der Waals surface area contributed by atoms with Crippen molar-refractivity contribution in [3.05, 3.63) is 98.5 Å². The first-order valence-electron chi connectivity index (χ1n) is 9.82. The molecule has 5 nitrogen and oxygen atoms in total. The predicted octanol–water partition coefficient (Wildman–Crippen LogP) is 6.09. The molecule has 0 aliphatic carbocycles. The molecule has 0 saturated heterocycles. The Morgan fingerprint density at radius 1 is 1.16 bits per heavy atom. The van der Waals surface area contributed by atoms with Crippen LogP contribution in [0.4, 0.5) is 5.69 Å². The van der Waals surface area contributed by atoms with Crippen molar-refractivity contribution in [2.45, 2.75) is 27.0 Å². The third kappa shape index (κ3) is 5.34. The van der Waals surface area contributed by atoms with Crippen molar-refractivity contribution in [3.8, 4) is 5.75 Å². The van der Waals surface area contributed by atoms with E-state index in [4.69, 9.17) is 16.3 Å². The Hall–Kier alpha value is -3.09. The number of nitrogens with one attached hydrogen (secondary N) is 1. The Morgan fingerprint density at radius 3 is 2.81 bits per heavy atom. The minimum Gasteiger partial charge on any atom is -0.489 e. The van der Waals surface area contributed by atoms with Crippen molar-refractivity contribution in [3.63, 3.8) is 0 Å². The molecular formula is C24H22ClN3O2S. The van der Waals surface area contributed by atoms with Crippen molar-refractivity contribution < 1.29 is 9.53 Å². The molecule has 0 saturated carbocycles. The van der Waals surface area contributed by atoms with Gasteiger partial charge in [-0.25, -0.2) is 0 Å². The highest BCUT2D eigenvalue weighted by Gasteiger charge is 2.11. The molecule has 0 spiro atoms. The summed E-state index contributed by atoms with van der Waals surface area (Å²) in [5, 5.41) is 9.71. The number of amides is 1. The van der Waals surface area contributed by atoms with E-state index in [-0.39, 0.29) is 5.91 Å². The lowest BCUT2D eigenvalue weighted by molar-refractivity contribution is 0.103. The summed E-state index contributed by atoms with van der Waals surface area (Å²) in [6.07, 6.45) is 3.37. The molecule has 0 radical (unpaired) electrons. The lowest BCUT2D eigenvalue weighted by Gasteiger charge is -2.10. The summed E-state index contributed by atoms with van der Waals surface area (Å²) in [5.74, 6) is 0.731. The summed E-state index contributed by atoms with van der Waals surface area (Å²) >= 11 is 7.33. The van der Waals surface area contributed by atoms with E-state index in [9.17, 15) is 4.79 Å². The number of carbonyl (C=O) groups excluding carboxylic acids is 1. The average molecular weight is 452 g/mol. The van der Waals surface area contributed by atoms with E-state index in [0.717, 1.165) is 28.1 Å². The molecule has 2 heterocycles. The minimum absolute atomic E-state index is 0.137. The fourth-order valence-corrected chi connectivity index (χ4v) is 4.11. The van der Waals surface area contributed by atoms with Crippen LogP contribution in [0.3, 0.4) is 0 Å². The largest absolute Gasteiger partial charge is 0.489 e. The van der Waals surface area contributed by atoms with Crippen LogP contribution in [0.25, 0.3) is 0 Å². The van der Waals surface area contributed by atoms with Crippen LogP contribution in [0.5, 0.6) is 5.75 Å². The number of hydrogen-bond acceptors (Lipinski definition) is 4. The molecule has 0 bridgehead atoms. The number of hydrogen-bond donors (Lipinski definition) is 1. The van der Waals surface area contributed by atoms with Crippen LogP contribution < -0.4 is 10.1 Å². The van der Waals surface area contributed by atoms with E-state index < -0.39 is 0 Å². The van der Waals surface area contributed by atoms with Gasteiger partial charge < -0.3 is 10.1 Å². The SMILES string of the molecule is Cc1cccc(OCc2csc(C(=O)Nc3cccc(Cn4cc(Cl)cn4)c3)c2)c1C. The molecule has 0 aliphatic heterocycles. The smallest absolute Gasteiger partial charge is 0.265 e. The number of aromatic nitrogens is 2. The fraction of sp³-hybridized carbons (Fsp3) is 0.167. The second-order valence-electron chi connectivity index (χ2n) is 7.32. The van der Waals surface area contributed by atoms with Gasteiger partial charge in [0.05, 0.1) is 22.6 Å². The van der Waals surface area contributed by atoms with E-state index in [1.54, 1.807) is 17.1 Å². The first-order valence-corrected chi connectivity index (χ1v) is 11.1. The van der Waals surface area contributed by atoms with E-state index in [1.165, 1.54) is 16.9 Å². The number of aryl methyl sites for hydroxylation is 1. The Bertz CT molecular complexity index is 1220. The van der Waals surface area contributed by atoms with Crippen molar-refractivity contribution in [2.75, 3.05) is 5.32 Å². The van der Waals surface area contributed by atoms with Gasteiger partial charge in [0.15, 0.2) is 0 Å². The van der Waals surface area contributed by atoms with Crippen LogP contribution >= 0.6 is 22.9 Å². The number of anilines is 1. The third-order valence-electron chi connectivity index (χ3n) is 4.96. The summed E-state index contributed by atoms with van der Waals surface area (Å²) < 4.78 is 7.70. The summed E-state index contributed by atoms with van der Waals surface area (Å²) in [6, 6.07) is 15.6. The topological polar surface area (TPSA) is 56.1 Å². The zero-order valence-electron chi connectivity index (χ0n) is 17.3. The Morgan fingerprint density at radius 2 is 2.00 bits per heavy atom. The number of rotatable bonds is 7. The number of benzene rings is 2. The molecule has 0 aliphatic rings. The highest BCUT2D eigenvalue weighted by molar-refractivity contribution is 7.12. The molecule has 31 heavy (non-hydrogen) atoms. The van der Waals surface area contributed by atoms with Crippen LogP contribution in [-0.4, -0.2) is 15.7 Å². The van der Waals surface area contributed by atoms with Gasteiger partial charge in [-0.1, -0.05) is 35.9 Å². The van der Waals surface area contributed by atoms with Gasteiger partial charge in [0.2, 0.25) is 0 Å². The minimum atomic E-state index is -0.137. The van der Waals surface area contributed by atoms with Crippen molar-refractivity contribution in [2.24, 2.45) is 0 Å². The fourth-order valence-electron chi connectivity index (χ4n) is 3.16. The van der Waals surface area contributed by atoms with E-state index in [2.05, 4.69) is 23.4 Å². The zero-order chi connectivity index (χ0) is 21.8. The molecule has 0 fully saturated rings. The van der Waals surface area contributed by atoms with Gasteiger partial charge in [-0.15, -0.1) is 11.3 Å². The summed E-state index contributed by atoms with van der Waals surface area (Å²) in [4.78, 5) is 13.3. The van der Waals surface area contributed by atoms with Crippen molar-refractivity contribution >= 4 is 34.5 Å². The number of halogens is 1. The first kappa shape index (κ1) is 21.2. The second-order valence-corrected chi connectivity index (χ2v) is 8.66. The van der Waals surface area contributed by atoms with Gasteiger partial charge in [-0.2, -0.15) is 5.10 Å².